The molecular weight excluding hydrogens is 236 g/mol. The van der Waals surface area contributed by atoms with Gasteiger partial charge in [-0.2, -0.15) is 0 Å². The van der Waals surface area contributed by atoms with Crippen molar-refractivity contribution in [3.05, 3.63) is 0 Å². The monoisotopic (exact) mass is 270 g/mol. The second-order valence-electron chi connectivity index (χ2n) is 6.15. The smallest absolute Gasteiger partial charge is 0.0576 e. The minimum Gasteiger partial charge on any atom is -0.378 e. The van der Waals surface area contributed by atoms with Gasteiger partial charge in [-0.05, 0) is 59.2 Å². The van der Waals surface area contributed by atoms with Gasteiger partial charge in [-0.3, -0.25) is 4.90 Å². The lowest BCUT2D eigenvalue weighted by molar-refractivity contribution is 0.0662. The van der Waals surface area contributed by atoms with Crippen LogP contribution in [-0.4, -0.2) is 48.8 Å². The first kappa shape index (κ1) is 16.9. The van der Waals surface area contributed by atoms with Gasteiger partial charge < -0.3 is 10.1 Å². The van der Waals surface area contributed by atoms with Gasteiger partial charge in [-0.25, -0.2) is 0 Å². The molecule has 0 spiro atoms. The van der Waals surface area contributed by atoms with Crippen LogP contribution in [0.5, 0.6) is 0 Å². The summed E-state index contributed by atoms with van der Waals surface area (Å²) < 4.78 is 5.77. The molecule has 0 amide bonds. The highest BCUT2D eigenvalue weighted by atomic mass is 16.5. The molecule has 0 aromatic heterocycles. The summed E-state index contributed by atoms with van der Waals surface area (Å²) in [5.74, 6) is 0. The first-order chi connectivity index (χ1) is 9.06. The molecule has 1 aliphatic rings. The van der Waals surface area contributed by atoms with E-state index < -0.39 is 0 Å². The van der Waals surface area contributed by atoms with E-state index in [0.29, 0.717) is 12.1 Å². The molecule has 1 heterocycles. The quantitative estimate of drug-likeness (QED) is 0.697. The molecule has 1 fully saturated rings. The molecule has 0 bridgehead atoms. The molecule has 3 nitrogen and oxygen atoms in total. The fourth-order valence-corrected chi connectivity index (χ4v) is 3.44. The number of likely N-dealkylation sites (N-methyl/N-ethyl adjacent to an activating group) is 2. The molecule has 0 aromatic carbocycles. The van der Waals surface area contributed by atoms with Gasteiger partial charge in [0, 0.05) is 18.2 Å². The highest BCUT2D eigenvalue weighted by molar-refractivity contribution is 4.93. The van der Waals surface area contributed by atoms with Crippen molar-refractivity contribution < 1.29 is 4.74 Å². The Bertz CT molecular complexity index is 233. The van der Waals surface area contributed by atoms with Crippen LogP contribution in [0.2, 0.25) is 0 Å². The standard InChI is InChI=1S/C16H34N2O/c1-6-17-15(12-11-14-10-9-13-19-14)16(4,5)18(7-2)8-3/h14-15,17H,6-13H2,1-5H3. The van der Waals surface area contributed by atoms with Crippen LogP contribution in [-0.2, 0) is 4.74 Å². The summed E-state index contributed by atoms with van der Waals surface area (Å²) in [7, 11) is 0. The van der Waals surface area contributed by atoms with Crippen LogP contribution in [0.3, 0.4) is 0 Å². The maximum Gasteiger partial charge on any atom is 0.0576 e. The zero-order valence-corrected chi connectivity index (χ0v) is 13.7. The van der Waals surface area contributed by atoms with Crippen molar-refractivity contribution in [2.24, 2.45) is 0 Å². The summed E-state index contributed by atoms with van der Waals surface area (Å²) in [6, 6.07) is 0.543. The van der Waals surface area contributed by atoms with Crippen molar-refractivity contribution in [1.82, 2.24) is 10.2 Å². The Morgan fingerprint density at radius 2 is 1.95 bits per heavy atom. The van der Waals surface area contributed by atoms with Gasteiger partial charge in [0.15, 0.2) is 0 Å². The van der Waals surface area contributed by atoms with Crippen molar-refractivity contribution in [3.63, 3.8) is 0 Å². The Labute approximate surface area is 120 Å². The van der Waals surface area contributed by atoms with Crippen LogP contribution >= 0.6 is 0 Å². The van der Waals surface area contributed by atoms with E-state index in [1.807, 2.05) is 0 Å². The minimum atomic E-state index is 0.206. The minimum absolute atomic E-state index is 0.206. The van der Waals surface area contributed by atoms with Gasteiger partial charge in [0.05, 0.1) is 6.10 Å². The Morgan fingerprint density at radius 3 is 2.42 bits per heavy atom. The molecule has 3 heteroatoms. The second-order valence-corrected chi connectivity index (χ2v) is 6.15. The van der Waals surface area contributed by atoms with E-state index in [0.717, 1.165) is 26.2 Å². The van der Waals surface area contributed by atoms with Gasteiger partial charge in [0.25, 0.3) is 0 Å². The van der Waals surface area contributed by atoms with Crippen LogP contribution < -0.4 is 5.32 Å². The Kier molecular flexibility index (Phi) is 7.33. The van der Waals surface area contributed by atoms with Gasteiger partial charge in [0.2, 0.25) is 0 Å². The summed E-state index contributed by atoms with van der Waals surface area (Å²) in [4.78, 5) is 2.57. The third kappa shape index (κ3) is 4.73. The number of nitrogens with one attached hydrogen (secondary N) is 1. The highest BCUT2D eigenvalue weighted by Gasteiger charge is 2.33. The molecule has 0 aromatic rings. The maximum absolute atomic E-state index is 5.77. The van der Waals surface area contributed by atoms with Gasteiger partial charge in [-0.1, -0.05) is 20.8 Å². The predicted molar refractivity (Wildman–Crippen MR) is 82.7 cm³/mol. The van der Waals surface area contributed by atoms with E-state index in [-0.39, 0.29) is 5.54 Å². The van der Waals surface area contributed by atoms with E-state index >= 15 is 0 Å². The lowest BCUT2D eigenvalue weighted by Gasteiger charge is -2.44. The topological polar surface area (TPSA) is 24.5 Å². The average molecular weight is 270 g/mol. The van der Waals surface area contributed by atoms with E-state index in [9.17, 15) is 0 Å². The second kappa shape index (κ2) is 8.23. The number of hydrogen-bond acceptors (Lipinski definition) is 3. The van der Waals surface area contributed by atoms with Crippen LogP contribution in [0.15, 0.2) is 0 Å². The molecule has 0 aliphatic carbocycles. The molecule has 1 rings (SSSR count). The van der Waals surface area contributed by atoms with Crippen molar-refractivity contribution in [1.29, 1.82) is 0 Å². The van der Waals surface area contributed by atoms with Crippen LogP contribution in [0.1, 0.15) is 60.3 Å². The average Bonchev–Trinajstić information content (AvgIpc) is 2.88. The molecule has 1 aliphatic heterocycles. The molecule has 2 unspecified atom stereocenters. The third-order valence-electron chi connectivity index (χ3n) is 4.68. The Balaban J connectivity index is 2.57. The third-order valence-corrected chi connectivity index (χ3v) is 4.68. The van der Waals surface area contributed by atoms with E-state index in [1.165, 1.54) is 25.7 Å². The summed E-state index contributed by atoms with van der Waals surface area (Å²) >= 11 is 0. The highest BCUT2D eigenvalue weighted by Crippen LogP contribution is 2.25. The zero-order chi connectivity index (χ0) is 14.3. The number of hydrogen-bond donors (Lipinski definition) is 1. The lowest BCUT2D eigenvalue weighted by atomic mass is 9.87. The molecule has 114 valence electrons. The molecule has 2 atom stereocenters. The first-order valence-electron chi connectivity index (χ1n) is 8.16. The number of rotatable bonds is 9. The zero-order valence-electron chi connectivity index (χ0n) is 13.7. The largest absolute Gasteiger partial charge is 0.378 e. The molecule has 1 N–H and O–H groups in total. The van der Waals surface area contributed by atoms with E-state index in [2.05, 4.69) is 44.8 Å². The summed E-state index contributed by atoms with van der Waals surface area (Å²) in [5, 5.41) is 3.70. The fraction of sp³-hybridized carbons (Fsp3) is 1.00. The molecule has 0 radical (unpaired) electrons. The van der Waals surface area contributed by atoms with Crippen molar-refractivity contribution in [2.45, 2.75) is 78.0 Å². The molecular formula is C16H34N2O. The van der Waals surface area contributed by atoms with Gasteiger partial charge in [-0.15, -0.1) is 0 Å². The summed E-state index contributed by atoms with van der Waals surface area (Å²) in [6.45, 7) is 15.7. The SMILES string of the molecule is CCNC(CCC1CCCO1)C(C)(C)N(CC)CC. The summed E-state index contributed by atoms with van der Waals surface area (Å²) in [5.41, 5.74) is 0.206. The van der Waals surface area contributed by atoms with Crippen LogP contribution in [0.4, 0.5) is 0 Å². The van der Waals surface area contributed by atoms with Gasteiger partial charge >= 0.3 is 0 Å². The first-order valence-corrected chi connectivity index (χ1v) is 8.16. The maximum atomic E-state index is 5.77. The van der Waals surface area contributed by atoms with Crippen LogP contribution in [0.25, 0.3) is 0 Å². The molecule has 1 saturated heterocycles. The summed E-state index contributed by atoms with van der Waals surface area (Å²) in [6.07, 6.45) is 5.42. The van der Waals surface area contributed by atoms with Crippen molar-refractivity contribution in [2.75, 3.05) is 26.2 Å². The molecule has 0 saturated carbocycles. The van der Waals surface area contributed by atoms with E-state index in [1.54, 1.807) is 0 Å². The predicted octanol–water partition coefficient (Wildman–Crippen LogP) is 3.04. The normalized spacial score (nSPS) is 22.1. The Hall–Kier alpha value is -0.120. The Morgan fingerprint density at radius 1 is 1.26 bits per heavy atom. The fourth-order valence-electron chi connectivity index (χ4n) is 3.44. The van der Waals surface area contributed by atoms with E-state index in [4.69, 9.17) is 4.74 Å². The van der Waals surface area contributed by atoms with Gasteiger partial charge in [0.1, 0.15) is 0 Å². The van der Waals surface area contributed by atoms with Crippen molar-refractivity contribution in [3.8, 4) is 0 Å². The number of nitrogens with zero attached hydrogens (tertiary/aromatic N) is 1. The number of ether oxygens (including phenoxy) is 1. The lowest BCUT2D eigenvalue weighted by Crippen LogP contribution is -2.57. The van der Waals surface area contributed by atoms with Crippen molar-refractivity contribution >= 4 is 0 Å². The van der Waals surface area contributed by atoms with Crippen LogP contribution in [0, 0.1) is 0 Å². The molecule has 19 heavy (non-hydrogen) atoms.